The number of aromatic amines is 1. The zero-order valence-corrected chi connectivity index (χ0v) is 9.02. The minimum atomic E-state index is 0.321. The van der Waals surface area contributed by atoms with Crippen molar-refractivity contribution in [1.29, 1.82) is 0 Å². The van der Waals surface area contributed by atoms with Gasteiger partial charge in [-0.05, 0) is 33.0 Å². The lowest BCUT2D eigenvalue weighted by Crippen LogP contribution is -2.08. The number of rotatable bonds is 4. The monoisotopic (exact) mass is 201 g/mol. The fourth-order valence-corrected chi connectivity index (χ4v) is 1.53. The van der Waals surface area contributed by atoms with E-state index in [1.54, 1.807) is 0 Å². The third kappa shape index (κ3) is 2.38. The van der Waals surface area contributed by atoms with Crippen LogP contribution in [0.1, 0.15) is 32.6 Å². The molecule has 0 bridgehead atoms. The van der Waals surface area contributed by atoms with E-state index in [1.807, 2.05) is 11.5 Å². The predicted molar refractivity (Wildman–Crippen MR) is 53.1 cm³/mol. The van der Waals surface area contributed by atoms with Crippen LogP contribution in [0.25, 0.3) is 0 Å². The molecule has 13 heavy (non-hydrogen) atoms. The van der Waals surface area contributed by atoms with Gasteiger partial charge in [0.15, 0.2) is 10.6 Å². The fourth-order valence-electron chi connectivity index (χ4n) is 1.17. The topological polar surface area (TPSA) is 42.8 Å². The second-order valence-electron chi connectivity index (χ2n) is 3.05. The van der Waals surface area contributed by atoms with E-state index in [9.17, 15) is 0 Å². The summed E-state index contributed by atoms with van der Waals surface area (Å²) in [5.41, 5.74) is 0. The molecule has 0 aliphatic carbocycles. The lowest BCUT2D eigenvalue weighted by molar-refractivity contribution is 0.124. The molecular weight excluding hydrogens is 186 g/mol. The van der Waals surface area contributed by atoms with Crippen LogP contribution in [-0.2, 0) is 11.3 Å². The molecule has 1 N–H and O–H groups in total. The van der Waals surface area contributed by atoms with Gasteiger partial charge in [-0.3, -0.25) is 9.67 Å². The van der Waals surface area contributed by atoms with Gasteiger partial charge in [0.2, 0.25) is 0 Å². The van der Waals surface area contributed by atoms with Crippen molar-refractivity contribution in [3.8, 4) is 0 Å². The summed E-state index contributed by atoms with van der Waals surface area (Å²) in [6.45, 7) is 7.31. The van der Waals surface area contributed by atoms with E-state index in [-0.39, 0.29) is 0 Å². The van der Waals surface area contributed by atoms with Crippen molar-refractivity contribution < 1.29 is 4.74 Å². The molecule has 0 amide bonds. The average Bonchev–Trinajstić information content (AvgIpc) is 2.43. The Hall–Kier alpha value is -0.680. The molecule has 1 rings (SSSR count). The maximum Gasteiger partial charge on any atom is 0.195 e. The maximum absolute atomic E-state index is 5.27. The van der Waals surface area contributed by atoms with Crippen LogP contribution in [0.15, 0.2) is 0 Å². The Balaban J connectivity index is 2.87. The van der Waals surface area contributed by atoms with Gasteiger partial charge in [-0.1, -0.05) is 0 Å². The van der Waals surface area contributed by atoms with E-state index in [4.69, 9.17) is 17.0 Å². The number of ether oxygens (including phenoxy) is 1. The SMILES string of the molecule is CCOCc1n[nH]c(=S)n1C(C)C. The van der Waals surface area contributed by atoms with Crippen molar-refractivity contribution >= 4 is 12.2 Å². The molecule has 0 saturated heterocycles. The van der Waals surface area contributed by atoms with Gasteiger partial charge in [-0.25, -0.2) is 0 Å². The van der Waals surface area contributed by atoms with Crippen molar-refractivity contribution in [3.63, 3.8) is 0 Å². The smallest absolute Gasteiger partial charge is 0.195 e. The predicted octanol–water partition coefficient (Wildman–Crippen LogP) is 2.06. The lowest BCUT2D eigenvalue weighted by atomic mass is 10.4. The van der Waals surface area contributed by atoms with Gasteiger partial charge < -0.3 is 4.74 Å². The van der Waals surface area contributed by atoms with Crippen LogP contribution in [-0.4, -0.2) is 21.4 Å². The standard InChI is InChI=1S/C8H15N3OS/c1-4-12-5-7-9-10-8(13)11(7)6(2)3/h6H,4-5H2,1-3H3,(H,10,13). The quantitative estimate of drug-likeness (QED) is 0.758. The van der Waals surface area contributed by atoms with Crippen molar-refractivity contribution in [2.24, 2.45) is 0 Å². The first-order valence-electron chi connectivity index (χ1n) is 4.40. The minimum absolute atomic E-state index is 0.321. The first-order chi connectivity index (χ1) is 6.16. The summed E-state index contributed by atoms with van der Waals surface area (Å²) in [6.07, 6.45) is 0. The van der Waals surface area contributed by atoms with Crippen molar-refractivity contribution in [3.05, 3.63) is 10.6 Å². The highest BCUT2D eigenvalue weighted by molar-refractivity contribution is 7.71. The van der Waals surface area contributed by atoms with Crippen LogP contribution in [0.3, 0.4) is 0 Å². The molecule has 0 unspecified atom stereocenters. The summed E-state index contributed by atoms with van der Waals surface area (Å²) in [7, 11) is 0. The van der Waals surface area contributed by atoms with Gasteiger partial charge in [0.05, 0.1) is 0 Å². The zero-order valence-electron chi connectivity index (χ0n) is 8.20. The molecule has 0 fully saturated rings. The van der Waals surface area contributed by atoms with Gasteiger partial charge in [0.1, 0.15) is 6.61 Å². The third-order valence-corrected chi connectivity index (χ3v) is 2.02. The van der Waals surface area contributed by atoms with Crippen LogP contribution >= 0.6 is 12.2 Å². The molecule has 5 heteroatoms. The number of nitrogens with one attached hydrogen (secondary N) is 1. The Morgan fingerprint density at radius 2 is 2.31 bits per heavy atom. The van der Waals surface area contributed by atoms with Crippen LogP contribution in [0, 0.1) is 4.77 Å². The third-order valence-electron chi connectivity index (χ3n) is 1.73. The van der Waals surface area contributed by atoms with Gasteiger partial charge in [-0.15, -0.1) is 0 Å². The molecule has 1 aromatic rings. The largest absolute Gasteiger partial charge is 0.374 e. The number of nitrogens with zero attached hydrogens (tertiary/aromatic N) is 2. The zero-order chi connectivity index (χ0) is 9.84. The molecule has 0 spiro atoms. The Labute approximate surface area is 82.9 Å². The molecule has 0 radical (unpaired) electrons. The fraction of sp³-hybridized carbons (Fsp3) is 0.750. The van der Waals surface area contributed by atoms with Crippen LogP contribution in [0.2, 0.25) is 0 Å². The Morgan fingerprint density at radius 3 is 2.85 bits per heavy atom. The highest BCUT2D eigenvalue weighted by Crippen LogP contribution is 2.08. The molecule has 0 aliphatic rings. The number of hydrogen-bond acceptors (Lipinski definition) is 3. The van der Waals surface area contributed by atoms with Gasteiger partial charge in [0.25, 0.3) is 0 Å². The van der Waals surface area contributed by atoms with Gasteiger partial charge in [0, 0.05) is 12.6 Å². The van der Waals surface area contributed by atoms with E-state index in [1.165, 1.54) is 0 Å². The summed E-state index contributed by atoms with van der Waals surface area (Å²) in [4.78, 5) is 0. The number of hydrogen-bond donors (Lipinski definition) is 1. The van der Waals surface area contributed by atoms with Crippen LogP contribution in [0.4, 0.5) is 0 Å². The molecule has 1 aromatic heterocycles. The van der Waals surface area contributed by atoms with Crippen molar-refractivity contribution in [2.75, 3.05) is 6.61 Å². The highest BCUT2D eigenvalue weighted by Gasteiger charge is 2.08. The summed E-state index contributed by atoms with van der Waals surface area (Å²) in [6, 6.07) is 0.321. The summed E-state index contributed by atoms with van der Waals surface area (Å²) in [5, 5.41) is 6.86. The molecule has 0 atom stereocenters. The Morgan fingerprint density at radius 1 is 1.62 bits per heavy atom. The van der Waals surface area contributed by atoms with E-state index in [0.29, 0.717) is 24.0 Å². The van der Waals surface area contributed by atoms with E-state index in [0.717, 1.165) is 5.82 Å². The molecule has 0 aromatic carbocycles. The average molecular weight is 201 g/mol. The van der Waals surface area contributed by atoms with Crippen LogP contribution < -0.4 is 0 Å². The maximum atomic E-state index is 5.27. The molecule has 4 nitrogen and oxygen atoms in total. The van der Waals surface area contributed by atoms with Crippen molar-refractivity contribution in [2.45, 2.75) is 33.4 Å². The van der Waals surface area contributed by atoms with Gasteiger partial charge >= 0.3 is 0 Å². The first kappa shape index (κ1) is 10.4. The molecule has 1 heterocycles. The Bertz CT molecular complexity index is 315. The molecular formula is C8H15N3OS. The minimum Gasteiger partial charge on any atom is -0.374 e. The summed E-state index contributed by atoms with van der Waals surface area (Å²) in [5.74, 6) is 0.863. The van der Waals surface area contributed by atoms with Crippen LogP contribution in [0.5, 0.6) is 0 Å². The molecule has 0 saturated carbocycles. The second kappa shape index (κ2) is 4.53. The highest BCUT2D eigenvalue weighted by atomic mass is 32.1. The molecule has 74 valence electrons. The summed E-state index contributed by atoms with van der Waals surface area (Å²) >= 11 is 5.09. The number of H-pyrrole nitrogens is 1. The Kier molecular flexibility index (Phi) is 3.62. The second-order valence-corrected chi connectivity index (χ2v) is 3.43. The number of aromatic nitrogens is 3. The van der Waals surface area contributed by atoms with E-state index < -0.39 is 0 Å². The van der Waals surface area contributed by atoms with E-state index in [2.05, 4.69) is 24.0 Å². The van der Waals surface area contributed by atoms with Gasteiger partial charge in [-0.2, -0.15) is 5.10 Å². The first-order valence-corrected chi connectivity index (χ1v) is 4.81. The summed E-state index contributed by atoms with van der Waals surface area (Å²) < 4.78 is 7.89. The van der Waals surface area contributed by atoms with Crippen molar-refractivity contribution in [1.82, 2.24) is 14.8 Å². The lowest BCUT2D eigenvalue weighted by Gasteiger charge is -2.09. The molecule has 0 aliphatic heterocycles. The normalized spacial score (nSPS) is 11.1. The van der Waals surface area contributed by atoms with E-state index >= 15 is 0 Å².